The van der Waals surface area contributed by atoms with Crippen molar-refractivity contribution in [2.45, 2.75) is 46.1 Å². The molecule has 0 aromatic heterocycles. The lowest BCUT2D eigenvalue weighted by molar-refractivity contribution is -0.139. The Morgan fingerprint density at radius 3 is 2.09 bits per heavy atom. The second-order valence-corrected chi connectivity index (χ2v) is 8.70. The van der Waals surface area contributed by atoms with Gasteiger partial charge in [-0.25, -0.2) is 9.59 Å². The Morgan fingerprint density at radius 1 is 0.969 bits per heavy atom. The first kappa shape index (κ1) is 23.8. The van der Waals surface area contributed by atoms with E-state index < -0.39 is 17.4 Å². The average Bonchev–Trinajstić information content (AvgIpc) is 2.77. The molecule has 5 nitrogen and oxygen atoms in total. The van der Waals surface area contributed by atoms with Crippen molar-refractivity contribution in [1.82, 2.24) is 4.90 Å². The van der Waals surface area contributed by atoms with Crippen LogP contribution in [-0.2, 0) is 26.3 Å². The number of nitrogens with zero attached hydrogens (tertiary/aromatic N) is 1. The maximum Gasteiger partial charge on any atom is 0.337 e. The Balaban J connectivity index is 2.33. The summed E-state index contributed by atoms with van der Waals surface area (Å²) in [5.41, 5.74) is 2.56. The molecule has 6 heteroatoms. The summed E-state index contributed by atoms with van der Waals surface area (Å²) in [7, 11) is 0. The normalized spacial score (nSPS) is 18.7. The van der Waals surface area contributed by atoms with Gasteiger partial charge in [-0.3, -0.25) is 0 Å². The highest BCUT2D eigenvalue weighted by atomic mass is 79.9. The molecule has 0 bridgehead atoms. The number of carbonyl (C=O) groups is 2. The Labute approximate surface area is 197 Å². The van der Waals surface area contributed by atoms with Crippen molar-refractivity contribution in [3.63, 3.8) is 0 Å². The predicted molar refractivity (Wildman–Crippen MR) is 128 cm³/mol. The molecule has 0 saturated carbocycles. The molecule has 1 N–H and O–H groups in total. The molecule has 1 aliphatic heterocycles. The van der Waals surface area contributed by atoms with Gasteiger partial charge in [-0.15, -0.1) is 0 Å². The van der Waals surface area contributed by atoms with Crippen LogP contribution in [0.3, 0.4) is 0 Å². The highest BCUT2D eigenvalue weighted by Crippen LogP contribution is 2.50. The van der Waals surface area contributed by atoms with E-state index >= 15 is 0 Å². The van der Waals surface area contributed by atoms with E-state index in [1.807, 2.05) is 80.3 Å². The first-order valence-electron chi connectivity index (χ1n) is 10.7. The lowest BCUT2D eigenvalue weighted by Gasteiger charge is -2.45. The molecule has 0 fully saturated rings. The number of aliphatic carboxylic acids is 1. The number of allylic oxidation sites excluding steroid dienone is 2. The summed E-state index contributed by atoms with van der Waals surface area (Å²) in [6.07, 6.45) is 0.401. The van der Waals surface area contributed by atoms with Crippen LogP contribution in [0.1, 0.15) is 45.2 Å². The predicted octanol–water partition coefficient (Wildman–Crippen LogP) is 5.81. The Kier molecular flexibility index (Phi) is 7.24. The van der Waals surface area contributed by atoms with Crippen LogP contribution in [0.2, 0.25) is 0 Å². The summed E-state index contributed by atoms with van der Waals surface area (Å²) >= 11 is 3.45. The fourth-order valence-electron chi connectivity index (χ4n) is 4.71. The van der Waals surface area contributed by atoms with Gasteiger partial charge in [-0.1, -0.05) is 65.3 Å². The third kappa shape index (κ3) is 4.11. The van der Waals surface area contributed by atoms with E-state index in [-0.39, 0.29) is 12.2 Å². The van der Waals surface area contributed by atoms with Crippen molar-refractivity contribution in [3.8, 4) is 0 Å². The minimum Gasteiger partial charge on any atom is -0.478 e. The molecule has 0 spiro atoms. The van der Waals surface area contributed by atoms with Gasteiger partial charge in [0.25, 0.3) is 0 Å². The summed E-state index contributed by atoms with van der Waals surface area (Å²) in [5.74, 6) is -1.53. The van der Waals surface area contributed by atoms with E-state index in [1.54, 1.807) is 6.92 Å². The fraction of sp³-hybridized carbons (Fsp3) is 0.308. The maximum atomic E-state index is 13.4. The van der Waals surface area contributed by atoms with Crippen molar-refractivity contribution in [3.05, 3.63) is 92.7 Å². The van der Waals surface area contributed by atoms with E-state index in [4.69, 9.17) is 4.74 Å². The molecular formula is C26H28BrNO4. The van der Waals surface area contributed by atoms with Gasteiger partial charge in [-0.2, -0.15) is 0 Å². The van der Waals surface area contributed by atoms with E-state index in [2.05, 4.69) is 15.9 Å². The number of esters is 1. The lowest BCUT2D eigenvalue weighted by atomic mass is 9.64. The maximum absolute atomic E-state index is 13.4. The largest absolute Gasteiger partial charge is 0.478 e. The molecule has 1 unspecified atom stereocenters. The molecule has 0 aliphatic carbocycles. The number of carboxylic acids is 1. The summed E-state index contributed by atoms with van der Waals surface area (Å²) in [6.45, 7) is 8.03. The van der Waals surface area contributed by atoms with Crippen molar-refractivity contribution < 1.29 is 19.4 Å². The van der Waals surface area contributed by atoms with Gasteiger partial charge >= 0.3 is 11.9 Å². The Bertz CT molecular complexity index is 1070. The second kappa shape index (κ2) is 9.74. The topological polar surface area (TPSA) is 66.8 Å². The first-order valence-corrected chi connectivity index (χ1v) is 11.5. The van der Waals surface area contributed by atoms with Gasteiger partial charge < -0.3 is 14.7 Å². The number of benzene rings is 2. The zero-order chi connectivity index (χ0) is 23.5. The number of hydrogen-bond donors (Lipinski definition) is 1. The van der Waals surface area contributed by atoms with Gasteiger partial charge in [0.2, 0.25) is 0 Å². The highest BCUT2D eigenvalue weighted by molar-refractivity contribution is 9.10. The van der Waals surface area contributed by atoms with E-state index in [0.29, 0.717) is 29.9 Å². The van der Waals surface area contributed by atoms with Crippen LogP contribution in [0, 0.1) is 0 Å². The van der Waals surface area contributed by atoms with Crippen LogP contribution in [0.5, 0.6) is 0 Å². The number of halogens is 1. The molecule has 0 saturated heterocycles. The molecule has 1 atom stereocenters. The molecule has 2 aromatic rings. The second-order valence-electron chi connectivity index (χ2n) is 7.78. The van der Waals surface area contributed by atoms with Crippen LogP contribution in [0.25, 0.3) is 0 Å². The number of ether oxygens (including phenoxy) is 1. The minimum atomic E-state index is -1.12. The van der Waals surface area contributed by atoms with E-state index in [9.17, 15) is 14.7 Å². The third-order valence-corrected chi connectivity index (χ3v) is 6.66. The van der Waals surface area contributed by atoms with Crippen molar-refractivity contribution >= 4 is 27.9 Å². The van der Waals surface area contributed by atoms with Gasteiger partial charge in [0.05, 0.1) is 23.2 Å². The van der Waals surface area contributed by atoms with Crippen molar-refractivity contribution in [2.75, 3.05) is 6.61 Å². The van der Waals surface area contributed by atoms with Gasteiger partial charge in [0, 0.05) is 22.4 Å². The molecular weight excluding hydrogens is 470 g/mol. The van der Waals surface area contributed by atoms with E-state index in [0.717, 1.165) is 15.6 Å². The molecule has 32 heavy (non-hydrogen) atoms. The number of rotatable bonds is 7. The Morgan fingerprint density at radius 2 is 1.56 bits per heavy atom. The molecule has 3 rings (SSSR count). The molecule has 1 aliphatic rings. The molecule has 168 valence electrons. The SMILES string of the molecule is CCOC(=O)C1=C(C)N(Cc2ccccc2)C(C)=C(C(=O)O)C1(CC)c1ccc(Br)cc1. The smallest absolute Gasteiger partial charge is 0.337 e. The highest BCUT2D eigenvalue weighted by Gasteiger charge is 2.51. The molecule has 2 aromatic carbocycles. The molecule has 1 heterocycles. The average molecular weight is 498 g/mol. The lowest BCUT2D eigenvalue weighted by Crippen LogP contribution is -2.45. The van der Waals surface area contributed by atoms with Crippen LogP contribution >= 0.6 is 15.9 Å². The monoisotopic (exact) mass is 497 g/mol. The standard InChI is InChI=1S/C26H28BrNO4/c1-5-26(20-12-14-21(27)15-13-20)22(24(29)30)17(3)28(16-19-10-8-7-9-11-19)18(4)23(26)25(31)32-6-2/h7-15H,5-6,16H2,1-4H3,(H,29,30). The van der Waals surface area contributed by atoms with Crippen LogP contribution in [-0.4, -0.2) is 28.6 Å². The molecule has 0 amide bonds. The fourth-order valence-corrected chi connectivity index (χ4v) is 4.97. The molecule has 0 radical (unpaired) electrons. The number of carboxylic acid groups (broad SMARTS) is 1. The number of carbonyl (C=O) groups excluding carboxylic acids is 1. The quantitative estimate of drug-likeness (QED) is 0.489. The van der Waals surface area contributed by atoms with Gasteiger partial charge in [0.15, 0.2) is 0 Å². The van der Waals surface area contributed by atoms with Gasteiger partial charge in [0.1, 0.15) is 0 Å². The third-order valence-electron chi connectivity index (χ3n) is 6.13. The summed E-state index contributed by atoms with van der Waals surface area (Å²) < 4.78 is 6.35. The van der Waals surface area contributed by atoms with Crippen molar-refractivity contribution in [1.29, 1.82) is 0 Å². The van der Waals surface area contributed by atoms with Crippen molar-refractivity contribution in [2.24, 2.45) is 0 Å². The van der Waals surface area contributed by atoms with E-state index in [1.165, 1.54) is 0 Å². The first-order chi connectivity index (χ1) is 15.3. The van der Waals surface area contributed by atoms with Crippen LogP contribution < -0.4 is 0 Å². The zero-order valence-electron chi connectivity index (χ0n) is 18.8. The number of hydrogen-bond acceptors (Lipinski definition) is 4. The summed E-state index contributed by atoms with van der Waals surface area (Å²) in [5, 5.41) is 10.4. The van der Waals surface area contributed by atoms with Crippen LogP contribution in [0.4, 0.5) is 0 Å². The zero-order valence-corrected chi connectivity index (χ0v) is 20.4. The van der Waals surface area contributed by atoms with Crippen LogP contribution in [0.15, 0.2) is 81.6 Å². The van der Waals surface area contributed by atoms with Gasteiger partial charge in [-0.05, 0) is 50.5 Å². The summed E-state index contributed by atoms with van der Waals surface area (Å²) in [4.78, 5) is 28.0. The summed E-state index contributed by atoms with van der Waals surface area (Å²) in [6, 6.07) is 17.3. The minimum absolute atomic E-state index is 0.201. The Hall–Kier alpha value is -2.86.